The van der Waals surface area contributed by atoms with E-state index >= 15 is 0 Å². The standard InChI is InChI=1S/C16H19F2N3O2/c1-11(16(23)12-4-5-13(17)14(18)9-12)20-15(22)3-2-7-21-8-6-19-10-21/h4-6,8-11,16,23H,2-3,7H2,1H3,(H,20,22). The second kappa shape index (κ2) is 7.82. The Bertz CT molecular complexity index is 647. The van der Waals surface area contributed by atoms with Gasteiger partial charge in [-0.05, 0) is 31.0 Å². The number of amides is 1. The zero-order valence-electron chi connectivity index (χ0n) is 12.7. The van der Waals surface area contributed by atoms with Gasteiger partial charge < -0.3 is 15.0 Å². The molecule has 1 aromatic carbocycles. The Morgan fingerprint density at radius 2 is 2.17 bits per heavy atom. The van der Waals surface area contributed by atoms with Crippen LogP contribution in [0.5, 0.6) is 0 Å². The molecule has 2 atom stereocenters. The number of carbonyl (C=O) groups is 1. The molecule has 0 bridgehead atoms. The number of nitrogens with one attached hydrogen (secondary N) is 1. The summed E-state index contributed by atoms with van der Waals surface area (Å²) in [6.07, 6.45) is 4.98. The lowest BCUT2D eigenvalue weighted by Crippen LogP contribution is -2.37. The molecule has 23 heavy (non-hydrogen) atoms. The second-order valence-corrected chi connectivity index (χ2v) is 5.38. The predicted octanol–water partition coefficient (Wildman–Crippen LogP) is 2.18. The molecule has 0 saturated heterocycles. The van der Waals surface area contributed by atoms with Crippen molar-refractivity contribution in [3.05, 3.63) is 54.1 Å². The smallest absolute Gasteiger partial charge is 0.220 e. The van der Waals surface area contributed by atoms with Crippen molar-refractivity contribution in [1.82, 2.24) is 14.9 Å². The van der Waals surface area contributed by atoms with E-state index in [1.54, 1.807) is 19.4 Å². The van der Waals surface area contributed by atoms with Crippen molar-refractivity contribution < 1.29 is 18.7 Å². The Labute approximate surface area is 133 Å². The highest BCUT2D eigenvalue weighted by atomic mass is 19.2. The molecule has 0 aliphatic carbocycles. The van der Waals surface area contributed by atoms with E-state index < -0.39 is 23.8 Å². The van der Waals surface area contributed by atoms with Crippen LogP contribution in [0.15, 0.2) is 36.9 Å². The minimum Gasteiger partial charge on any atom is -0.386 e. The van der Waals surface area contributed by atoms with Crippen LogP contribution in [-0.2, 0) is 11.3 Å². The molecule has 7 heteroatoms. The first-order chi connectivity index (χ1) is 11.0. The fraction of sp³-hybridized carbons (Fsp3) is 0.375. The molecule has 1 aromatic heterocycles. The Kier molecular flexibility index (Phi) is 5.81. The largest absolute Gasteiger partial charge is 0.386 e. The van der Waals surface area contributed by atoms with Crippen molar-refractivity contribution in [2.45, 2.75) is 38.5 Å². The van der Waals surface area contributed by atoms with Gasteiger partial charge >= 0.3 is 0 Å². The molecule has 5 nitrogen and oxygen atoms in total. The van der Waals surface area contributed by atoms with Crippen molar-refractivity contribution in [3.63, 3.8) is 0 Å². The van der Waals surface area contributed by atoms with E-state index in [0.717, 1.165) is 12.1 Å². The number of hydrogen-bond acceptors (Lipinski definition) is 3. The third-order valence-electron chi connectivity index (χ3n) is 3.53. The Balaban J connectivity index is 1.81. The maximum Gasteiger partial charge on any atom is 0.220 e. The summed E-state index contributed by atoms with van der Waals surface area (Å²) in [5.41, 5.74) is 0.218. The molecule has 0 aliphatic heterocycles. The first-order valence-corrected chi connectivity index (χ1v) is 7.35. The first kappa shape index (κ1) is 17.1. The summed E-state index contributed by atoms with van der Waals surface area (Å²) in [7, 11) is 0. The van der Waals surface area contributed by atoms with Crippen LogP contribution in [-0.4, -0.2) is 26.6 Å². The zero-order valence-corrected chi connectivity index (χ0v) is 12.7. The van der Waals surface area contributed by atoms with Crippen LogP contribution in [0.4, 0.5) is 8.78 Å². The van der Waals surface area contributed by atoms with Crippen molar-refractivity contribution in [2.24, 2.45) is 0 Å². The number of imidazole rings is 1. The van der Waals surface area contributed by atoms with E-state index in [9.17, 15) is 18.7 Å². The monoisotopic (exact) mass is 323 g/mol. The van der Waals surface area contributed by atoms with E-state index in [0.29, 0.717) is 19.4 Å². The average molecular weight is 323 g/mol. The zero-order chi connectivity index (χ0) is 16.8. The summed E-state index contributed by atoms with van der Waals surface area (Å²) in [5, 5.41) is 12.8. The molecule has 2 unspecified atom stereocenters. The van der Waals surface area contributed by atoms with Crippen molar-refractivity contribution in [1.29, 1.82) is 0 Å². The number of hydrogen-bond donors (Lipinski definition) is 2. The normalized spacial score (nSPS) is 13.6. The van der Waals surface area contributed by atoms with E-state index in [1.807, 2.05) is 10.8 Å². The maximum atomic E-state index is 13.2. The maximum absolute atomic E-state index is 13.2. The van der Waals surface area contributed by atoms with Crippen molar-refractivity contribution in [2.75, 3.05) is 0 Å². The van der Waals surface area contributed by atoms with Crippen LogP contribution in [0.2, 0.25) is 0 Å². The molecular weight excluding hydrogens is 304 g/mol. The average Bonchev–Trinajstić information content (AvgIpc) is 3.02. The van der Waals surface area contributed by atoms with Gasteiger partial charge in [-0.15, -0.1) is 0 Å². The van der Waals surface area contributed by atoms with Gasteiger partial charge in [-0.3, -0.25) is 4.79 Å². The van der Waals surface area contributed by atoms with Gasteiger partial charge in [-0.25, -0.2) is 13.8 Å². The summed E-state index contributed by atoms with van der Waals surface area (Å²) >= 11 is 0. The molecule has 0 aliphatic rings. The lowest BCUT2D eigenvalue weighted by Gasteiger charge is -2.20. The summed E-state index contributed by atoms with van der Waals surface area (Å²) in [6, 6.07) is 2.57. The number of carbonyl (C=O) groups excluding carboxylic acids is 1. The third kappa shape index (κ3) is 4.85. The summed E-state index contributed by atoms with van der Waals surface area (Å²) < 4.78 is 28.0. The molecule has 1 heterocycles. The number of aromatic nitrogens is 2. The predicted molar refractivity (Wildman–Crippen MR) is 80.4 cm³/mol. The number of halogens is 2. The Hall–Kier alpha value is -2.28. The van der Waals surface area contributed by atoms with Gasteiger partial charge in [0.25, 0.3) is 0 Å². The van der Waals surface area contributed by atoms with Gasteiger partial charge in [0, 0.05) is 25.4 Å². The third-order valence-corrected chi connectivity index (χ3v) is 3.53. The fourth-order valence-corrected chi connectivity index (χ4v) is 2.23. The minimum absolute atomic E-state index is 0.209. The molecule has 0 radical (unpaired) electrons. The number of aryl methyl sites for hydroxylation is 1. The summed E-state index contributed by atoms with van der Waals surface area (Å²) in [6.45, 7) is 2.28. The van der Waals surface area contributed by atoms with E-state index in [-0.39, 0.29) is 11.5 Å². The quantitative estimate of drug-likeness (QED) is 0.821. The number of nitrogens with zero attached hydrogens (tertiary/aromatic N) is 2. The number of aliphatic hydroxyl groups is 1. The summed E-state index contributed by atoms with van der Waals surface area (Å²) in [5.74, 6) is -2.21. The molecule has 0 saturated carbocycles. The molecule has 2 N–H and O–H groups in total. The van der Waals surface area contributed by atoms with Crippen LogP contribution < -0.4 is 5.32 Å². The molecule has 0 fully saturated rings. The second-order valence-electron chi connectivity index (χ2n) is 5.38. The highest BCUT2D eigenvalue weighted by Crippen LogP contribution is 2.19. The van der Waals surface area contributed by atoms with Crippen LogP contribution in [0.25, 0.3) is 0 Å². The lowest BCUT2D eigenvalue weighted by atomic mass is 10.0. The SMILES string of the molecule is CC(NC(=O)CCCn1ccnc1)C(O)c1ccc(F)c(F)c1. The van der Waals surface area contributed by atoms with E-state index in [1.165, 1.54) is 6.07 Å². The highest BCUT2D eigenvalue weighted by molar-refractivity contribution is 5.76. The molecule has 1 amide bonds. The van der Waals surface area contributed by atoms with Crippen LogP contribution in [0.3, 0.4) is 0 Å². The molecule has 124 valence electrons. The van der Waals surface area contributed by atoms with Gasteiger partial charge in [0.05, 0.1) is 18.5 Å². The summed E-state index contributed by atoms with van der Waals surface area (Å²) in [4.78, 5) is 15.8. The highest BCUT2D eigenvalue weighted by Gasteiger charge is 2.19. The van der Waals surface area contributed by atoms with Crippen LogP contribution in [0.1, 0.15) is 31.4 Å². The number of rotatable bonds is 7. The molecular formula is C16H19F2N3O2. The first-order valence-electron chi connectivity index (χ1n) is 7.35. The van der Waals surface area contributed by atoms with Crippen LogP contribution in [0, 0.1) is 11.6 Å². The Morgan fingerprint density at radius 1 is 1.39 bits per heavy atom. The fourth-order valence-electron chi connectivity index (χ4n) is 2.23. The van der Waals surface area contributed by atoms with Gasteiger partial charge in [0.2, 0.25) is 5.91 Å². The lowest BCUT2D eigenvalue weighted by molar-refractivity contribution is -0.122. The van der Waals surface area contributed by atoms with Crippen molar-refractivity contribution in [3.8, 4) is 0 Å². The van der Waals surface area contributed by atoms with E-state index in [2.05, 4.69) is 10.3 Å². The number of benzene rings is 1. The van der Waals surface area contributed by atoms with Gasteiger partial charge in [0.15, 0.2) is 11.6 Å². The van der Waals surface area contributed by atoms with E-state index in [4.69, 9.17) is 0 Å². The Morgan fingerprint density at radius 3 is 2.83 bits per heavy atom. The minimum atomic E-state index is -1.11. The topological polar surface area (TPSA) is 67.2 Å². The van der Waals surface area contributed by atoms with Gasteiger partial charge in [-0.1, -0.05) is 6.07 Å². The van der Waals surface area contributed by atoms with Crippen LogP contribution >= 0.6 is 0 Å². The van der Waals surface area contributed by atoms with Crippen molar-refractivity contribution >= 4 is 5.91 Å². The van der Waals surface area contributed by atoms with Gasteiger partial charge in [-0.2, -0.15) is 0 Å². The molecule has 0 spiro atoms. The molecule has 2 rings (SSSR count). The number of aliphatic hydroxyl groups excluding tert-OH is 1. The van der Waals surface area contributed by atoms with Gasteiger partial charge in [0.1, 0.15) is 0 Å². The molecule has 2 aromatic rings.